The Balaban J connectivity index is 1.49. The molecular formula is C20H26O3. The van der Waals surface area contributed by atoms with Crippen LogP contribution in [0.3, 0.4) is 0 Å². The number of fused-ring (bicyclic) bond motifs is 3. The van der Waals surface area contributed by atoms with E-state index in [2.05, 4.69) is 12.8 Å². The molecule has 0 unspecified atom stereocenters. The van der Waals surface area contributed by atoms with Crippen molar-refractivity contribution in [3.63, 3.8) is 0 Å². The Morgan fingerprint density at radius 1 is 1.17 bits per heavy atom. The van der Waals surface area contributed by atoms with Crippen LogP contribution in [0.1, 0.15) is 64.7 Å². The Kier molecular flexibility index (Phi) is 2.54. The number of carbonyl (C=O) groups excluding carboxylic acids is 1. The van der Waals surface area contributed by atoms with E-state index in [1.807, 2.05) is 0 Å². The van der Waals surface area contributed by atoms with Gasteiger partial charge in [0, 0.05) is 18.3 Å². The van der Waals surface area contributed by atoms with E-state index in [1.54, 1.807) is 0 Å². The fourth-order valence-corrected chi connectivity index (χ4v) is 7.39. The number of epoxide rings is 1. The van der Waals surface area contributed by atoms with E-state index in [1.165, 1.54) is 0 Å². The van der Waals surface area contributed by atoms with Gasteiger partial charge in [-0.2, -0.15) is 0 Å². The lowest BCUT2D eigenvalue weighted by Gasteiger charge is -2.54. The second kappa shape index (κ2) is 4.03. The molecule has 1 N–H and O–H groups in total. The zero-order valence-corrected chi connectivity index (χ0v) is 13.9. The highest BCUT2D eigenvalue weighted by atomic mass is 16.6. The van der Waals surface area contributed by atoms with Gasteiger partial charge in [-0.3, -0.25) is 4.79 Å². The van der Waals surface area contributed by atoms with Crippen LogP contribution in [-0.4, -0.2) is 27.7 Å². The number of carbonyl (C=O) groups is 1. The van der Waals surface area contributed by atoms with Gasteiger partial charge < -0.3 is 9.84 Å². The molecule has 4 saturated carbocycles. The molecule has 0 bridgehead atoms. The number of terminal acetylenes is 1. The molecule has 0 aromatic heterocycles. The summed E-state index contributed by atoms with van der Waals surface area (Å²) in [6.07, 6.45) is 14.0. The Morgan fingerprint density at radius 2 is 1.96 bits per heavy atom. The third-order valence-corrected chi connectivity index (χ3v) is 8.67. The predicted octanol–water partition coefficient (Wildman–Crippen LogP) is 2.85. The summed E-state index contributed by atoms with van der Waals surface area (Å²) in [5, 5.41) is 11.0. The number of hydrogen-bond acceptors (Lipinski definition) is 3. The maximum atomic E-state index is 11.9. The number of ether oxygens (including phenoxy) is 1. The monoisotopic (exact) mass is 314 g/mol. The SMILES string of the molecule is C#C[C@]1(O)CC[C@H]2[C@@H]3CC[C@]45CC(=O)CC[C@]4(O5)[C@H]3CC[C@@]21C. The van der Waals surface area contributed by atoms with Gasteiger partial charge in [0.25, 0.3) is 0 Å². The van der Waals surface area contributed by atoms with E-state index in [0.29, 0.717) is 36.4 Å². The molecule has 5 fully saturated rings. The van der Waals surface area contributed by atoms with Crippen LogP contribution in [0.5, 0.6) is 0 Å². The molecule has 3 nitrogen and oxygen atoms in total. The van der Waals surface area contributed by atoms with Gasteiger partial charge >= 0.3 is 0 Å². The first-order chi connectivity index (χ1) is 10.9. The minimum Gasteiger partial charge on any atom is -0.377 e. The van der Waals surface area contributed by atoms with Crippen molar-refractivity contribution in [3.8, 4) is 12.3 Å². The van der Waals surface area contributed by atoms with Crippen molar-refractivity contribution in [3.05, 3.63) is 0 Å². The van der Waals surface area contributed by atoms with Gasteiger partial charge in [-0.1, -0.05) is 12.8 Å². The summed E-state index contributed by atoms with van der Waals surface area (Å²) in [6, 6.07) is 0. The number of Topliss-reactive ketones (excluding diaryl/α,β-unsaturated/α-hetero) is 1. The molecule has 0 aromatic rings. The fraction of sp³-hybridized carbons (Fsp3) is 0.850. The van der Waals surface area contributed by atoms with E-state index in [-0.39, 0.29) is 16.6 Å². The third-order valence-electron chi connectivity index (χ3n) is 8.67. The lowest BCUT2D eigenvalue weighted by molar-refractivity contribution is -0.123. The van der Waals surface area contributed by atoms with Crippen LogP contribution >= 0.6 is 0 Å². The summed E-state index contributed by atoms with van der Waals surface area (Å²) in [5.74, 6) is 4.82. The predicted molar refractivity (Wildman–Crippen MR) is 85.5 cm³/mol. The zero-order valence-electron chi connectivity index (χ0n) is 13.9. The van der Waals surface area contributed by atoms with Crippen molar-refractivity contribution in [2.24, 2.45) is 23.2 Å². The minimum absolute atomic E-state index is 0.0119. The van der Waals surface area contributed by atoms with Crippen LogP contribution in [0, 0.1) is 35.5 Å². The van der Waals surface area contributed by atoms with E-state index in [4.69, 9.17) is 11.2 Å². The molecule has 0 spiro atoms. The molecule has 5 aliphatic rings. The molecule has 3 heteroatoms. The first-order valence-electron chi connectivity index (χ1n) is 9.32. The largest absolute Gasteiger partial charge is 0.377 e. The lowest BCUT2D eigenvalue weighted by atomic mass is 9.49. The van der Waals surface area contributed by atoms with E-state index in [9.17, 15) is 9.90 Å². The smallest absolute Gasteiger partial charge is 0.136 e. The molecule has 1 saturated heterocycles. The fourth-order valence-electron chi connectivity index (χ4n) is 7.39. The van der Waals surface area contributed by atoms with Crippen molar-refractivity contribution in [1.82, 2.24) is 0 Å². The lowest BCUT2D eigenvalue weighted by Crippen LogP contribution is -2.56. The van der Waals surface area contributed by atoms with Crippen LogP contribution in [0.15, 0.2) is 0 Å². The van der Waals surface area contributed by atoms with Crippen molar-refractivity contribution < 1.29 is 14.6 Å². The summed E-state index contributed by atoms with van der Waals surface area (Å²) >= 11 is 0. The molecule has 1 heterocycles. The highest BCUT2D eigenvalue weighted by molar-refractivity contribution is 5.82. The molecule has 5 rings (SSSR count). The van der Waals surface area contributed by atoms with Gasteiger partial charge in [0.15, 0.2) is 0 Å². The average Bonchev–Trinajstić information content (AvgIpc) is 3.14. The minimum atomic E-state index is -0.929. The Labute approximate surface area is 138 Å². The Bertz CT molecular complexity index is 635. The highest BCUT2D eigenvalue weighted by Gasteiger charge is 2.79. The molecule has 0 radical (unpaired) electrons. The van der Waals surface area contributed by atoms with Crippen LogP contribution in [0.4, 0.5) is 0 Å². The molecule has 1 aliphatic heterocycles. The molecule has 7 atom stereocenters. The van der Waals surface area contributed by atoms with Crippen LogP contribution < -0.4 is 0 Å². The maximum Gasteiger partial charge on any atom is 0.136 e. The van der Waals surface area contributed by atoms with E-state index < -0.39 is 5.60 Å². The third kappa shape index (κ3) is 1.45. The molecule has 0 aromatic carbocycles. The van der Waals surface area contributed by atoms with Gasteiger partial charge in [-0.15, -0.1) is 6.42 Å². The van der Waals surface area contributed by atoms with Crippen molar-refractivity contribution in [2.75, 3.05) is 0 Å². The quantitative estimate of drug-likeness (QED) is 0.552. The molecule has 23 heavy (non-hydrogen) atoms. The average molecular weight is 314 g/mol. The number of hydrogen-bond donors (Lipinski definition) is 1. The van der Waals surface area contributed by atoms with Crippen LogP contribution in [0.25, 0.3) is 0 Å². The zero-order chi connectivity index (χ0) is 16.1. The summed E-state index contributed by atoms with van der Waals surface area (Å²) in [4.78, 5) is 11.9. The number of ketones is 1. The van der Waals surface area contributed by atoms with Gasteiger partial charge in [-0.05, 0) is 62.7 Å². The number of aliphatic hydroxyl groups is 1. The van der Waals surface area contributed by atoms with Gasteiger partial charge in [-0.25, -0.2) is 0 Å². The van der Waals surface area contributed by atoms with Crippen molar-refractivity contribution in [2.45, 2.75) is 81.5 Å². The summed E-state index contributed by atoms with van der Waals surface area (Å²) in [6.45, 7) is 2.22. The standard InChI is InChI=1S/C20H26O3/c1-3-18(22)9-7-15-14-5-10-19-12-13(21)4-11-20(19,23-19)16(14)6-8-17(15,18)2/h1,14-16,22H,4-12H2,2H3/t14-,15-,16-,17-,18-,19-,20-/m0/s1. The highest BCUT2D eigenvalue weighted by Crippen LogP contribution is 2.73. The van der Waals surface area contributed by atoms with E-state index in [0.717, 1.165) is 44.9 Å². The normalized spacial score (nSPS) is 60.0. The summed E-state index contributed by atoms with van der Waals surface area (Å²) in [5.41, 5.74) is -1.19. The van der Waals surface area contributed by atoms with Crippen molar-refractivity contribution in [1.29, 1.82) is 0 Å². The summed E-state index contributed by atoms with van der Waals surface area (Å²) < 4.78 is 6.39. The van der Waals surface area contributed by atoms with Crippen LogP contribution in [-0.2, 0) is 9.53 Å². The first kappa shape index (κ1) is 14.5. The Hall–Kier alpha value is -0.850. The Morgan fingerprint density at radius 3 is 2.74 bits per heavy atom. The topological polar surface area (TPSA) is 49.8 Å². The number of rotatable bonds is 0. The first-order valence-corrected chi connectivity index (χ1v) is 9.32. The van der Waals surface area contributed by atoms with Gasteiger partial charge in [0.05, 0.1) is 0 Å². The molecule has 0 amide bonds. The molecule has 4 aliphatic carbocycles. The second-order valence-corrected chi connectivity index (χ2v) is 9.12. The maximum absolute atomic E-state index is 11.9. The summed E-state index contributed by atoms with van der Waals surface area (Å²) in [7, 11) is 0. The van der Waals surface area contributed by atoms with Crippen molar-refractivity contribution >= 4 is 5.78 Å². The molecule has 124 valence electrons. The van der Waals surface area contributed by atoms with Crippen LogP contribution in [0.2, 0.25) is 0 Å². The molecular weight excluding hydrogens is 288 g/mol. The van der Waals surface area contributed by atoms with E-state index >= 15 is 0 Å². The van der Waals surface area contributed by atoms with Gasteiger partial charge in [0.2, 0.25) is 0 Å². The second-order valence-electron chi connectivity index (χ2n) is 9.12. The van der Waals surface area contributed by atoms with Gasteiger partial charge in [0.1, 0.15) is 22.6 Å².